The summed E-state index contributed by atoms with van der Waals surface area (Å²) < 4.78 is 0. The molecule has 2 aromatic carbocycles. The van der Waals surface area contributed by atoms with E-state index in [1.807, 2.05) is 81.4 Å². The van der Waals surface area contributed by atoms with Gasteiger partial charge in [0.15, 0.2) is 0 Å². The first kappa shape index (κ1) is 37.9. The van der Waals surface area contributed by atoms with E-state index in [2.05, 4.69) is 0 Å². The zero-order chi connectivity index (χ0) is 14.3. The summed E-state index contributed by atoms with van der Waals surface area (Å²) in [5.74, 6) is 0. The van der Waals surface area contributed by atoms with Gasteiger partial charge in [0.1, 0.15) is 0 Å². The van der Waals surface area contributed by atoms with Crippen molar-refractivity contribution in [3.63, 3.8) is 0 Å². The van der Waals surface area contributed by atoms with Gasteiger partial charge in [0, 0.05) is 0 Å². The van der Waals surface area contributed by atoms with E-state index in [1.54, 1.807) is 0 Å². The molecular weight excluding hydrogens is 349 g/mol. The van der Waals surface area contributed by atoms with Crippen molar-refractivity contribution in [3.05, 3.63) is 96.1 Å². The van der Waals surface area contributed by atoms with Gasteiger partial charge in [-0.2, -0.15) is 36.4 Å². The van der Waals surface area contributed by atoms with Crippen molar-refractivity contribution in [3.8, 4) is 0 Å². The van der Waals surface area contributed by atoms with E-state index in [0.29, 0.717) is 0 Å². The van der Waals surface area contributed by atoms with Crippen LogP contribution < -0.4 is 0 Å². The van der Waals surface area contributed by atoms with Crippen LogP contribution >= 0.6 is 18.6 Å². The Labute approximate surface area is 157 Å². The van der Waals surface area contributed by atoms with Crippen molar-refractivity contribution in [1.82, 2.24) is 0 Å². The largest absolute Gasteiger partial charge is 0.214 e. The molecular formula is C18H32Cl2NTi-7. The van der Waals surface area contributed by atoms with Crippen LogP contribution in [0.15, 0.2) is 60.7 Å². The maximum absolute atomic E-state index is 6.94. The minimum absolute atomic E-state index is 0. The minimum atomic E-state index is -0.556. The summed E-state index contributed by atoms with van der Waals surface area (Å²) in [4.78, 5) is 0. The van der Waals surface area contributed by atoms with Gasteiger partial charge in [-0.05, 0) is 0 Å². The Morgan fingerprint density at radius 1 is 0.727 bits per heavy atom. The van der Waals surface area contributed by atoms with Gasteiger partial charge in [0.25, 0.3) is 0 Å². The molecule has 0 spiro atoms. The van der Waals surface area contributed by atoms with E-state index in [4.69, 9.17) is 24.3 Å². The maximum atomic E-state index is 6.94. The topological polar surface area (TPSA) is 23.8 Å². The van der Waals surface area contributed by atoms with Crippen LogP contribution in [-0.2, 0) is 17.0 Å². The minimum Gasteiger partial charge on any atom is -0.214 e. The number of hydrogen-bond acceptors (Lipinski definition) is 0. The van der Waals surface area contributed by atoms with Crippen molar-refractivity contribution < 1.29 is 17.0 Å². The molecule has 0 fully saturated rings. The molecule has 0 saturated carbocycles. The Morgan fingerprint density at radius 3 is 0.909 bits per heavy atom. The summed E-state index contributed by atoms with van der Waals surface area (Å²) in [6, 6.07) is 20.0. The van der Waals surface area contributed by atoms with Crippen molar-refractivity contribution in [1.29, 1.82) is 0 Å². The van der Waals surface area contributed by atoms with Crippen LogP contribution in [0.4, 0.5) is 0 Å². The first-order valence-electron chi connectivity index (χ1n) is 5.46. The number of hydrogen-bond donors (Lipinski definition) is 0. The Balaban J connectivity index is -0.0000000372. The first-order valence-corrected chi connectivity index (χ1v) is 9.76. The molecule has 2 aromatic rings. The summed E-state index contributed by atoms with van der Waals surface area (Å²) in [6.07, 6.45) is 0. The van der Waals surface area contributed by atoms with Gasteiger partial charge < -0.3 is 35.4 Å². The van der Waals surface area contributed by atoms with E-state index in [9.17, 15) is 0 Å². The van der Waals surface area contributed by atoms with Crippen LogP contribution in [0.5, 0.6) is 0 Å². The predicted octanol–water partition coefficient (Wildman–Crippen LogP) is 7.83. The molecule has 0 bridgehead atoms. The van der Waals surface area contributed by atoms with E-state index in [0.717, 1.165) is 0 Å². The molecule has 0 atom stereocenters. The van der Waals surface area contributed by atoms with Crippen molar-refractivity contribution in [2.24, 2.45) is 0 Å². The fourth-order valence-corrected chi connectivity index (χ4v) is 0.642. The smallest absolute Gasteiger partial charge is 0.172 e. The van der Waals surface area contributed by atoms with Crippen molar-refractivity contribution in [2.45, 2.75) is 26.3 Å². The summed E-state index contributed by atoms with van der Waals surface area (Å²) in [6.45, 7) is 5.56. The Morgan fingerprint density at radius 2 is 0.864 bits per heavy atom. The van der Waals surface area contributed by atoms with Gasteiger partial charge in [-0.15, -0.1) is 5.54 Å². The fourth-order valence-electron chi connectivity index (χ4n) is 0.642. The summed E-state index contributed by atoms with van der Waals surface area (Å²) in [5.41, 5.74) is 6.69. The Kier molecular flexibility index (Phi) is 50.0. The second-order valence-electron chi connectivity index (χ2n) is 4.25. The van der Waals surface area contributed by atoms with Crippen LogP contribution in [0.3, 0.4) is 0 Å². The van der Waals surface area contributed by atoms with Crippen molar-refractivity contribution in [2.75, 3.05) is 0 Å². The molecule has 0 aliphatic carbocycles. The van der Waals surface area contributed by atoms with Gasteiger partial charge in [0.05, 0.1) is 0 Å². The second kappa shape index (κ2) is 29.0. The third-order valence-corrected chi connectivity index (χ3v) is 1.11. The molecule has 0 aliphatic heterocycles. The standard InChI is InChI=1S/2C5H5.C4H10N.4CH3.2ClH.Ti/c2*1-2-4-5-3-1;1-4(2,3)5;;;;;;;/h2*1-5H;5H,1-3H3;4*1H3;2*1H;/q7*-1;;;+2/p-2. The van der Waals surface area contributed by atoms with Gasteiger partial charge in [-0.1, -0.05) is 20.8 Å². The van der Waals surface area contributed by atoms with Gasteiger partial charge in [0.2, 0.25) is 0 Å². The monoisotopic (exact) mass is 380 g/mol. The molecule has 1 N–H and O–H groups in total. The molecule has 0 amide bonds. The van der Waals surface area contributed by atoms with E-state index >= 15 is 0 Å². The molecule has 1 nitrogen and oxygen atoms in total. The first-order chi connectivity index (χ1) is 8.41. The number of rotatable bonds is 0. The summed E-state index contributed by atoms with van der Waals surface area (Å²) in [7, 11) is 9.78. The Hall–Kier alpha value is -0.0457. The number of halogens is 2. The van der Waals surface area contributed by atoms with Crippen LogP contribution in [0.25, 0.3) is 5.73 Å². The molecule has 134 valence electrons. The average Bonchev–Trinajstić information content (AvgIpc) is 2.96. The molecule has 0 saturated heterocycles. The molecule has 0 aliphatic rings. The predicted molar refractivity (Wildman–Crippen MR) is 106 cm³/mol. The maximum Gasteiger partial charge on any atom is -0.172 e. The zero-order valence-corrected chi connectivity index (χ0v) is 18.1. The summed E-state index contributed by atoms with van der Waals surface area (Å²) >= 11 is -0.556. The SMILES string of the molecule is CC(C)(C)[NH-].[CH3-].[CH3-].[CH3-].[CH3-].[Cl][Ti][Cl].c1cc[cH-]c1.c1cc[cH-]c1. The quantitative estimate of drug-likeness (QED) is 0.328. The molecule has 0 heterocycles. The van der Waals surface area contributed by atoms with E-state index < -0.39 is 17.0 Å². The normalized spacial score (nSPS) is 7.00. The van der Waals surface area contributed by atoms with Gasteiger partial charge in [-0.25, -0.2) is 24.3 Å². The summed E-state index contributed by atoms with van der Waals surface area (Å²) in [5, 5.41) is 0. The Bertz CT molecular complexity index is 233. The van der Waals surface area contributed by atoms with Crippen LogP contribution in [0.1, 0.15) is 20.8 Å². The zero-order valence-electron chi connectivity index (χ0n) is 15.0. The molecule has 0 radical (unpaired) electrons. The molecule has 2 rings (SSSR count). The van der Waals surface area contributed by atoms with E-state index in [1.165, 1.54) is 0 Å². The fraction of sp³-hybridized carbons (Fsp3) is 0.222. The van der Waals surface area contributed by atoms with Crippen LogP contribution in [0.2, 0.25) is 0 Å². The molecule has 0 unspecified atom stereocenters. The molecule has 0 aromatic heterocycles. The van der Waals surface area contributed by atoms with E-state index in [-0.39, 0.29) is 35.2 Å². The molecule has 4 heteroatoms. The van der Waals surface area contributed by atoms with Gasteiger partial charge in [-0.3, -0.25) is 0 Å². The van der Waals surface area contributed by atoms with Crippen molar-refractivity contribution >= 4 is 18.6 Å². The average molecular weight is 381 g/mol. The number of nitrogens with one attached hydrogen (secondary N) is 1. The third kappa shape index (κ3) is 72.3. The van der Waals surface area contributed by atoms with Gasteiger partial charge >= 0.3 is 35.6 Å². The third-order valence-electron chi connectivity index (χ3n) is 1.11. The van der Waals surface area contributed by atoms with Crippen LogP contribution in [0, 0.1) is 29.7 Å². The molecule has 22 heavy (non-hydrogen) atoms. The second-order valence-corrected chi connectivity index (χ2v) is 6.83. The van der Waals surface area contributed by atoms with Crippen LogP contribution in [-0.4, -0.2) is 5.54 Å².